The zero-order valence-corrected chi connectivity index (χ0v) is 6.12. The van der Waals surface area contributed by atoms with Gasteiger partial charge in [0.15, 0.2) is 0 Å². The zero-order chi connectivity index (χ0) is 7.40. The van der Waals surface area contributed by atoms with Crippen molar-refractivity contribution < 1.29 is 9.84 Å². The molecule has 0 bridgehead atoms. The van der Waals surface area contributed by atoms with Gasteiger partial charge in [0.1, 0.15) is 0 Å². The van der Waals surface area contributed by atoms with E-state index in [0.29, 0.717) is 12.5 Å². The number of nitrogens with two attached hydrogens (primary N) is 1. The summed E-state index contributed by atoms with van der Waals surface area (Å²) in [4.78, 5) is 0. The highest BCUT2D eigenvalue weighted by Gasteiger charge is 2.23. The maximum absolute atomic E-state index is 8.85. The minimum atomic E-state index is 0.199. The van der Waals surface area contributed by atoms with Gasteiger partial charge in [-0.2, -0.15) is 0 Å². The minimum absolute atomic E-state index is 0.199. The van der Waals surface area contributed by atoms with Crippen molar-refractivity contribution in [1.29, 1.82) is 0 Å². The predicted molar refractivity (Wildman–Crippen MR) is 38.6 cm³/mol. The lowest BCUT2D eigenvalue weighted by molar-refractivity contribution is 0.143. The summed E-state index contributed by atoms with van der Waals surface area (Å²) in [5.41, 5.74) is 5.45. The van der Waals surface area contributed by atoms with E-state index in [-0.39, 0.29) is 12.5 Å². The summed E-state index contributed by atoms with van der Waals surface area (Å²) < 4.78 is 5.18. The van der Waals surface area contributed by atoms with Crippen molar-refractivity contribution in [3.63, 3.8) is 0 Å². The fourth-order valence-corrected chi connectivity index (χ4v) is 1.34. The van der Waals surface area contributed by atoms with E-state index < -0.39 is 0 Å². The summed E-state index contributed by atoms with van der Waals surface area (Å²) in [7, 11) is 0. The molecule has 0 radical (unpaired) electrons. The van der Waals surface area contributed by atoms with Crippen LogP contribution >= 0.6 is 0 Å². The third kappa shape index (κ3) is 1.68. The smallest absolute Gasteiger partial charge is 0.0499 e. The van der Waals surface area contributed by atoms with Crippen molar-refractivity contribution in [2.24, 2.45) is 17.6 Å². The van der Waals surface area contributed by atoms with Gasteiger partial charge in [-0.25, -0.2) is 0 Å². The first-order valence-electron chi connectivity index (χ1n) is 3.77. The number of hydrogen-bond donors (Lipinski definition) is 2. The van der Waals surface area contributed by atoms with Gasteiger partial charge < -0.3 is 15.6 Å². The normalized spacial score (nSPS) is 28.8. The van der Waals surface area contributed by atoms with Crippen LogP contribution in [0.3, 0.4) is 0 Å². The minimum Gasteiger partial charge on any atom is -0.396 e. The second-order valence-corrected chi connectivity index (χ2v) is 2.80. The average Bonchev–Trinajstić information content (AvgIpc) is 2.43. The van der Waals surface area contributed by atoms with Crippen LogP contribution in [0.1, 0.15) is 6.42 Å². The van der Waals surface area contributed by atoms with Crippen LogP contribution < -0.4 is 5.73 Å². The van der Waals surface area contributed by atoms with Crippen molar-refractivity contribution in [2.75, 3.05) is 26.4 Å². The van der Waals surface area contributed by atoms with Gasteiger partial charge in [0.25, 0.3) is 0 Å². The molecule has 1 rings (SSSR count). The van der Waals surface area contributed by atoms with Crippen molar-refractivity contribution in [2.45, 2.75) is 6.42 Å². The molecule has 1 aliphatic rings. The zero-order valence-electron chi connectivity index (χ0n) is 6.12. The van der Waals surface area contributed by atoms with E-state index in [0.717, 1.165) is 19.6 Å². The van der Waals surface area contributed by atoms with Gasteiger partial charge in [0.05, 0.1) is 0 Å². The first kappa shape index (κ1) is 7.98. The van der Waals surface area contributed by atoms with Gasteiger partial charge in [0, 0.05) is 19.8 Å². The molecule has 0 saturated carbocycles. The third-order valence-corrected chi connectivity index (χ3v) is 2.17. The first-order chi connectivity index (χ1) is 4.88. The molecule has 2 atom stereocenters. The molecule has 0 aromatic rings. The van der Waals surface area contributed by atoms with Crippen molar-refractivity contribution in [3.05, 3.63) is 0 Å². The summed E-state index contributed by atoms with van der Waals surface area (Å²) in [5, 5.41) is 8.85. The number of aliphatic hydroxyl groups excluding tert-OH is 1. The lowest BCUT2D eigenvalue weighted by atomic mass is 9.93. The molecule has 0 unspecified atom stereocenters. The molecule has 10 heavy (non-hydrogen) atoms. The van der Waals surface area contributed by atoms with Gasteiger partial charge in [0.2, 0.25) is 0 Å². The van der Waals surface area contributed by atoms with E-state index >= 15 is 0 Å². The lowest BCUT2D eigenvalue weighted by Crippen LogP contribution is -2.26. The molecule has 0 aromatic heterocycles. The monoisotopic (exact) mass is 145 g/mol. The maximum Gasteiger partial charge on any atom is 0.0499 e. The summed E-state index contributed by atoms with van der Waals surface area (Å²) in [6, 6.07) is 0. The third-order valence-electron chi connectivity index (χ3n) is 2.17. The Morgan fingerprint density at radius 1 is 1.70 bits per heavy atom. The second-order valence-electron chi connectivity index (χ2n) is 2.80. The van der Waals surface area contributed by atoms with Gasteiger partial charge in [-0.15, -0.1) is 0 Å². The molecule has 1 fully saturated rings. The molecule has 1 heterocycles. The lowest BCUT2D eigenvalue weighted by Gasteiger charge is -2.16. The summed E-state index contributed by atoms with van der Waals surface area (Å²) >= 11 is 0. The van der Waals surface area contributed by atoms with Crippen LogP contribution in [0.4, 0.5) is 0 Å². The van der Waals surface area contributed by atoms with Crippen LogP contribution in [-0.2, 0) is 4.74 Å². The Morgan fingerprint density at radius 3 is 2.90 bits per heavy atom. The summed E-state index contributed by atoms with van der Waals surface area (Å²) in [6.45, 7) is 2.39. The largest absolute Gasteiger partial charge is 0.396 e. The number of rotatable bonds is 3. The standard InChI is InChI=1S/C7H15NO2/c8-3-7(4-9)6-1-2-10-5-6/h6-7,9H,1-5,8H2/t6-,7+/m0/s1. The topological polar surface area (TPSA) is 55.5 Å². The molecular weight excluding hydrogens is 130 g/mol. The molecular formula is C7H15NO2. The van der Waals surface area contributed by atoms with Crippen molar-refractivity contribution in [3.8, 4) is 0 Å². The Hall–Kier alpha value is -0.120. The fourth-order valence-electron chi connectivity index (χ4n) is 1.34. The highest BCUT2D eigenvalue weighted by molar-refractivity contribution is 4.73. The number of aliphatic hydroxyl groups is 1. The van der Waals surface area contributed by atoms with Crippen molar-refractivity contribution in [1.82, 2.24) is 0 Å². The van der Waals surface area contributed by atoms with E-state index in [1.54, 1.807) is 0 Å². The fraction of sp³-hybridized carbons (Fsp3) is 1.00. The maximum atomic E-state index is 8.85. The van der Waals surface area contributed by atoms with Crippen LogP contribution in [0.5, 0.6) is 0 Å². The SMILES string of the molecule is NC[C@H](CO)[C@H]1CCOC1. The van der Waals surface area contributed by atoms with Crippen LogP contribution in [0.15, 0.2) is 0 Å². The van der Waals surface area contributed by atoms with Crippen LogP contribution in [0.2, 0.25) is 0 Å². The molecule has 60 valence electrons. The molecule has 0 aromatic carbocycles. The van der Waals surface area contributed by atoms with E-state index in [2.05, 4.69) is 0 Å². The van der Waals surface area contributed by atoms with Gasteiger partial charge in [-0.3, -0.25) is 0 Å². The van der Waals surface area contributed by atoms with Gasteiger partial charge >= 0.3 is 0 Å². The van der Waals surface area contributed by atoms with E-state index in [1.165, 1.54) is 0 Å². The molecule has 1 saturated heterocycles. The van der Waals surface area contributed by atoms with E-state index in [4.69, 9.17) is 15.6 Å². The molecule has 3 N–H and O–H groups in total. The second kappa shape index (κ2) is 3.91. The molecule has 0 spiro atoms. The Bertz CT molecular complexity index is 87.6. The highest BCUT2D eigenvalue weighted by atomic mass is 16.5. The molecule has 3 heteroatoms. The number of ether oxygens (including phenoxy) is 1. The van der Waals surface area contributed by atoms with E-state index in [9.17, 15) is 0 Å². The Morgan fingerprint density at radius 2 is 2.50 bits per heavy atom. The van der Waals surface area contributed by atoms with Crippen LogP contribution in [0.25, 0.3) is 0 Å². The molecule has 3 nitrogen and oxygen atoms in total. The average molecular weight is 145 g/mol. The Balaban J connectivity index is 2.29. The van der Waals surface area contributed by atoms with Gasteiger partial charge in [-0.05, 0) is 24.8 Å². The Labute approximate surface area is 61.2 Å². The van der Waals surface area contributed by atoms with Crippen LogP contribution in [-0.4, -0.2) is 31.5 Å². The van der Waals surface area contributed by atoms with Crippen molar-refractivity contribution >= 4 is 0 Å². The molecule has 0 aliphatic carbocycles. The quantitative estimate of drug-likeness (QED) is 0.567. The molecule has 0 amide bonds. The number of hydrogen-bond acceptors (Lipinski definition) is 3. The molecule has 1 aliphatic heterocycles. The summed E-state index contributed by atoms with van der Waals surface area (Å²) in [5.74, 6) is 0.748. The predicted octanol–water partition coefficient (Wildman–Crippen LogP) is -0.410. The summed E-state index contributed by atoms with van der Waals surface area (Å²) in [6.07, 6.45) is 1.06. The first-order valence-corrected chi connectivity index (χ1v) is 3.77. The highest BCUT2D eigenvalue weighted by Crippen LogP contribution is 2.20. The van der Waals surface area contributed by atoms with E-state index in [1.807, 2.05) is 0 Å². The van der Waals surface area contributed by atoms with Gasteiger partial charge in [-0.1, -0.05) is 0 Å². The van der Waals surface area contributed by atoms with Crippen LogP contribution in [0, 0.1) is 11.8 Å². The Kier molecular flexibility index (Phi) is 3.12.